The zero-order chi connectivity index (χ0) is 16.5. The first-order chi connectivity index (χ1) is 11.8. The average molecular weight is 327 g/mol. The average Bonchev–Trinajstić information content (AvgIpc) is 3.26. The van der Waals surface area contributed by atoms with E-state index in [1.165, 1.54) is 0 Å². The molecule has 1 aromatic heterocycles. The number of nitrogens with zero attached hydrogens (tertiary/aromatic N) is 3. The summed E-state index contributed by atoms with van der Waals surface area (Å²) in [6, 6.07) is 7.83. The highest BCUT2D eigenvalue weighted by molar-refractivity contribution is 5.96. The van der Waals surface area contributed by atoms with E-state index in [1.807, 2.05) is 30.0 Å². The van der Waals surface area contributed by atoms with Crippen LogP contribution in [0, 0.1) is 0 Å². The van der Waals surface area contributed by atoms with Crippen LogP contribution in [0.2, 0.25) is 0 Å². The topological polar surface area (TPSA) is 68.5 Å². The van der Waals surface area contributed by atoms with Crippen molar-refractivity contribution in [2.24, 2.45) is 0 Å². The minimum Gasteiger partial charge on any atom is -0.381 e. The van der Waals surface area contributed by atoms with Crippen LogP contribution in [0.3, 0.4) is 0 Å². The zero-order valence-corrected chi connectivity index (χ0v) is 13.8. The molecule has 0 aliphatic carbocycles. The van der Waals surface area contributed by atoms with Gasteiger partial charge in [0, 0.05) is 37.7 Å². The molecular weight excluding hydrogens is 306 g/mol. The van der Waals surface area contributed by atoms with Gasteiger partial charge in [-0.25, -0.2) is 0 Å². The lowest BCUT2D eigenvalue weighted by Crippen LogP contribution is -2.32. The van der Waals surface area contributed by atoms with Crippen LogP contribution in [0.1, 0.15) is 55.4 Å². The summed E-state index contributed by atoms with van der Waals surface area (Å²) in [5.41, 5.74) is 2.12. The predicted octanol–water partition coefficient (Wildman–Crippen LogP) is 3.00. The van der Waals surface area contributed by atoms with Gasteiger partial charge >= 0.3 is 0 Å². The molecule has 126 valence electrons. The molecule has 2 aliphatic heterocycles. The SMILES string of the molecule is CCC(=O)N1c2ccccc2CC1c1noc(C2CCOCC2)n1. The van der Waals surface area contributed by atoms with E-state index in [-0.39, 0.29) is 17.9 Å². The largest absolute Gasteiger partial charge is 0.381 e. The van der Waals surface area contributed by atoms with Crippen molar-refractivity contribution in [1.29, 1.82) is 0 Å². The van der Waals surface area contributed by atoms with Crippen LogP contribution in [0.15, 0.2) is 28.8 Å². The fourth-order valence-corrected chi connectivity index (χ4v) is 3.56. The van der Waals surface area contributed by atoms with E-state index >= 15 is 0 Å². The van der Waals surface area contributed by atoms with Crippen LogP contribution < -0.4 is 4.90 Å². The van der Waals surface area contributed by atoms with Gasteiger partial charge in [0.15, 0.2) is 5.82 Å². The Morgan fingerprint density at radius 3 is 2.88 bits per heavy atom. The number of carbonyl (C=O) groups is 1. The first-order valence-corrected chi connectivity index (χ1v) is 8.59. The molecule has 2 aromatic rings. The number of ether oxygens (including phenoxy) is 1. The van der Waals surface area contributed by atoms with E-state index in [0.29, 0.717) is 18.1 Å². The van der Waals surface area contributed by atoms with Crippen LogP contribution in [-0.4, -0.2) is 29.3 Å². The molecular formula is C18H21N3O3. The van der Waals surface area contributed by atoms with Crippen molar-refractivity contribution in [1.82, 2.24) is 10.1 Å². The number of fused-ring (bicyclic) bond motifs is 1. The third-order valence-corrected chi connectivity index (χ3v) is 4.87. The number of hydrogen-bond donors (Lipinski definition) is 0. The molecule has 1 fully saturated rings. The number of benzene rings is 1. The van der Waals surface area contributed by atoms with E-state index in [1.54, 1.807) is 0 Å². The summed E-state index contributed by atoms with van der Waals surface area (Å²) in [6.07, 6.45) is 3.00. The molecule has 0 radical (unpaired) electrons. The molecule has 1 unspecified atom stereocenters. The lowest BCUT2D eigenvalue weighted by atomic mass is 10.0. The van der Waals surface area contributed by atoms with Gasteiger partial charge in [-0.15, -0.1) is 0 Å². The summed E-state index contributed by atoms with van der Waals surface area (Å²) >= 11 is 0. The Hall–Kier alpha value is -2.21. The molecule has 6 heteroatoms. The molecule has 1 atom stereocenters. The summed E-state index contributed by atoms with van der Waals surface area (Å²) in [6.45, 7) is 3.35. The lowest BCUT2D eigenvalue weighted by molar-refractivity contribution is -0.118. The molecule has 1 amide bonds. The van der Waals surface area contributed by atoms with Crippen LogP contribution in [0.5, 0.6) is 0 Å². The molecule has 2 aliphatic rings. The van der Waals surface area contributed by atoms with Crippen molar-refractivity contribution in [2.75, 3.05) is 18.1 Å². The first kappa shape index (κ1) is 15.3. The second-order valence-electron chi connectivity index (χ2n) is 6.34. The quantitative estimate of drug-likeness (QED) is 0.867. The molecule has 4 rings (SSSR count). The number of aromatic nitrogens is 2. The van der Waals surface area contributed by atoms with E-state index in [9.17, 15) is 4.79 Å². The maximum Gasteiger partial charge on any atom is 0.230 e. The highest BCUT2D eigenvalue weighted by Crippen LogP contribution is 2.40. The number of carbonyl (C=O) groups excluding carboxylic acids is 1. The van der Waals surface area contributed by atoms with Crippen LogP contribution in [0.4, 0.5) is 5.69 Å². The van der Waals surface area contributed by atoms with Crippen molar-refractivity contribution < 1.29 is 14.1 Å². The van der Waals surface area contributed by atoms with Gasteiger partial charge in [0.2, 0.25) is 11.8 Å². The molecule has 0 spiro atoms. The Balaban J connectivity index is 1.63. The molecule has 24 heavy (non-hydrogen) atoms. The predicted molar refractivity (Wildman–Crippen MR) is 87.8 cm³/mol. The zero-order valence-electron chi connectivity index (χ0n) is 13.8. The normalized spacial score (nSPS) is 21.0. The third kappa shape index (κ3) is 2.60. The molecule has 6 nitrogen and oxygen atoms in total. The van der Waals surface area contributed by atoms with Crippen molar-refractivity contribution in [3.8, 4) is 0 Å². The summed E-state index contributed by atoms with van der Waals surface area (Å²) in [5, 5.41) is 4.20. The van der Waals surface area contributed by atoms with Gasteiger partial charge in [-0.2, -0.15) is 4.98 Å². The van der Waals surface area contributed by atoms with Gasteiger partial charge in [-0.1, -0.05) is 30.3 Å². The van der Waals surface area contributed by atoms with Crippen LogP contribution >= 0.6 is 0 Å². The van der Waals surface area contributed by atoms with Crippen molar-refractivity contribution in [2.45, 2.75) is 44.6 Å². The van der Waals surface area contributed by atoms with Crippen molar-refractivity contribution in [3.63, 3.8) is 0 Å². The van der Waals surface area contributed by atoms with Gasteiger partial charge in [0.25, 0.3) is 0 Å². The Bertz CT molecular complexity index is 737. The van der Waals surface area contributed by atoms with E-state index in [0.717, 1.165) is 43.7 Å². The molecule has 1 aromatic carbocycles. The highest BCUT2D eigenvalue weighted by atomic mass is 16.5. The molecule has 0 N–H and O–H groups in total. The van der Waals surface area contributed by atoms with Crippen molar-refractivity contribution >= 4 is 11.6 Å². The maximum atomic E-state index is 12.5. The number of amides is 1. The highest BCUT2D eigenvalue weighted by Gasteiger charge is 2.37. The Kier molecular flexibility index (Phi) is 4.06. The van der Waals surface area contributed by atoms with Gasteiger partial charge in [0.05, 0.1) is 0 Å². The number of rotatable bonds is 3. The fraction of sp³-hybridized carbons (Fsp3) is 0.500. The molecule has 0 saturated carbocycles. The van der Waals surface area contributed by atoms with Gasteiger partial charge in [-0.3, -0.25) is 4.79 Å². The van der Waals surface area contributed by atoms with Gasteiger partial charge in [-0.05, 0) is 24.5 Å². The minimum atomic E-state index is -0.174. The Morgan fingerprint density at radius 1 is 1.29 bits per heavy atom. The number of hydrogen-bond acceptors (Lipinski definition) is 5. The van der Waals surface area contributed by atoms with E-state index in [4.69, 9.17) is 9.26 Å². The lowest BCUT2D eigenvalue weighted by Gasteiger charge is -2.22. The Labute approximate surface area is 140 Å². The second-order valence-corrected chi connectivity index (χ2v) is 6.34. The fourth-order valence-electron chi connectivity index (χ4n) is 3.56. The first-order valence-electron chi connectivity index (χ1n) is 8.59. The monoisotopic (exact) mass is 327 g/mol. The molecule has 1 saturated heterocycles. The number of para-hydroxylation sites is 1. The Morgan fingerprint density at radius 2 is 2.08 bits per heavy atom. The smallest absolute Gasteiger partial charge is 0.230 e. The second kappa shape index (κ2) is 6.36. The van der Waals surface area contributed by atoms with E-state index < -0.39 is 0 Å². The summed E-state index contributed by atoms with van der Waals surface area (Å²) in [7, 11) is 0. The van der Waals surface area contributed by atoms with E-state index in [2.05, 4.69) is 16.2 Å². The molecule has 0 bridgehead atoms. The van der Waals surface area contributed by atoms with Crippen LogP contribution in [-0.2, 0) is 16.0 Å². The minimum absolute atomic E-state index is 0.0855. The summed E-state index contributed by atoms with van der Waals surface area (Å²) < 4.78 is 10.9. The van der Waals surface area contributed by atoms with Crippen LogP contribution in [0.25, 0.3) is 0 Å². The summed E-state index contributed by atoms with van der Waals surface area (Å²) in [4.78, 5) is 19.0. The maximum absolute atomic E-state index is 12.5. The molecule has 3 heterocycles. The van der Waals surface area contributed by atoms with Gasteiger partial charge < -0.3 is 14.2 Å². The summed E-state index contributed by atoms with van der Waals surface area (Å²) in [5.74, 6) is 1.63. The van der Waals surface area contributed by atoms with Crippen molar-refractivity contribution in [3.05, 3.63) is 41.5 Å². The van der Waals surface area contributed by atoms with Gasteiger partial charge in [0.1, 0.15) is 6.04 Å². The third-order valence-electron chi connectivity index (χ3n) is 4.87. The standard InChI is InChI=1S/C18H21N3O3/c1-2-16(22)21-14-6-4-3-5-13(14)11-15(21)17-19-18(24-20-17)12-7-9-23-10-8-12/h3-6,12,15H,2,7-11H2,1H3. The number of anilines is 1.